The van der Waals surface area contributed by atoms with Crippen LogP contribution in [-0.2, 0) is 9.45 Å². The van der Waals surface area contributed by atoms with Gasteiger partial charge >= 0.3 is 13.1 Å². The van der Waals surface area contributed by atoms with Gasteiger partial charge in [0.2, 0.25) is 0 Å². The Bertz CT molecular complexity index is 224. The first-order valence-electron chi connectivity index (χ1n) is 5.30. The number of aliphatic carboxylic acids is 1. The van der Waals surface area contributed by atoms with E-state index in [0.29, 0.717) is 6.42 Å². The predicted octanol–water partition coefficient (Wildman–Crippen LogP) is 0.0264. The van der Waals surface area contributed by atoms with Crippen molar-refractivity contribution in [3.8, 4) is 0 Å². The zero-order valence-electron chi connectivity index (χ0n) is 9.14. The molecule has 1 unspecified atom stereocenters. The average Bonchev–Trinajstić information content (AvgIpc) is 2.08. The zero-order chi connectivity index (χ0) is 11.4. The molecule has 0 aliphatic carbocycles. The molecule has 1 saturated heterocycles. The largest absolute Gasteiger partial charge is 0.481 e. The normalized spacial score (nSPS) is 27.1. The Labute approximate surface area is 90.0 Å². The summed E-state index contributed by atoms with van der Waals surface area (Å²) < 4.78 is 5.22. The molecule has 1 rings (SSSR count). The van der Waals surface area contributed by atoms with Crippen LogP contribution in [0.3, 0.4) is 0 Å². The minimum absolute atomic E-state index is 0.0363. The Kier molecular flexibility index (Phi) is 4.57. The second kappa shape index (κ2) is 5.49. The molecule has 0 bridgehead atoms. The van der Waals surface area contributed by atoms with Crippen molar-refractivity contribution in [2.45, 2.75) is 51.2 Å². The van der Waals surface area contributed by atoms with Crippen LogP contribution in [0.15, 0.2) is 0 Å². The number of hydrogen-bond donors (Lipinski definition) is 3. The molecule has 0 saturated carbocycles. The lowest BCUT2D eigenvalue weighted by Gasteiger charge is -2.32. The second-order valence-corrected chi connectivity index (χ2v) is 4.25. The van der Waals surface area contributed by atoms with Crippen molar-refractivity contribution in [2.75, 3.05) is 0 Å². The van der Waals surface area contributed by atoms with Crippen molar-refractivity contribution in [3.05, 3.63) is 0 Å². The molecule has 2 atom stereocenters. The zero-order valence-corrected chi connectivity index (χ0v) is 9.14. The summed E-state index contributed by atoms with van der Waals surface area (Å²) in [6.07, 6.45) is 1.03. The molecule has 3 N–H and O–H groups in total. The number of hydrogen-bond acceptors (Lipinski definition) is 4. The van der Waals surface area contributed by atoms with E-state index in [-0.39, 0.29) is 24.5 Å². The average molecular weight is 215 g/mol. The van der Waals surface area contributed by atoms with Crippen LogP contribution in [0.2, 0.25) is 0 Å². The molecule has 1 heterocycles. The van der Waals surface area contributed by atoms with E-state index in [9.17, 15) is 9.82 Å². The van der Waals surface area contributed by atoms with Gasteiger partial charge < -0.3 is 20.1 Å². The summed E-state index contributed by atoms with van der Waals surface area (Å²) in [6.45, 7) is 3.99. The molecule has 86 valence electrons. The predicted molar refractivity (Wildman–Crippen MR) is 56.4 cm³/mol. The Hall–Kier alpha value is -0.585. The molecule has 5 nitrogen and oxygen atoms in total. The highest BCUT2D eigenvalue weighted by Crippen LogP contribution is 2.18. The van der Waals surface area contributed by atoms with Gasteiger partial charge in [-0.05, 0) is 12.8 Å². The fourth-order valence-electron chi connectivity index (χ4n) is 1.81. The van der Waals surface area contributed by atoms with E-state index < -0.39 is 13.1 Å². The SMILES string of the molecule is CC(C)NC1CC[C@@H](CC(=O)O)OB1O. The molecular weight excluding hydrogens is 197 g/mol. The topological polar surface area (TPSA) is 78.8 Å². The van der Waals surface area contributed by atoms with Crippen molar-refractivity contribution in [3.63, 3.8) is 0 Å². The molecule has 6 heteroatoms. The molecule has 0 aromatic heterocycles. The third-order valence-electron chi connectivity index (χ3n) is 2.43. The highest BCUT2D eigenvalue weighted by atomic mass is 16.5. The molecule has 0 spiro atoms. The lowest BCUT2D eigenvalue weighted by molar-refractivity contribution is -0.139. The lowest BCUT2D eigenvalue weighted by atomic mass is 9.72. The number of carboxylic acids is 1. The Morgan fingerprint density at radius 3 is 2.73 bits per heavy atom. The highest BCUT2D eigenvalue weighted by Gasteiger charge is 2.35. The van der Waals surface area contributed by atoms with Crippen molar-refractivity contribution in [2.24, 2.45) is 0 Å². The molecule has 1 aliphatic rings. The van der Waals surface area contributed by atoms with E-state index in [2.05, 4.69) is 5.32 Å². The van der Waals surface area contributed by atoms with Crippen molar-refractivity contribution < 1.29 is 19.6 Å². The lowest BCUT2D eigenvalue weighted by Crippen LogP contribution is -2.53. The van der Waals surface area contributed by atoms with Crippen LogP contribution in [0.4, 0.5) is 0 Å². The third-order valence-corrected chi connectivity index (χ3v) is 2.43. The van der Waals surface area contributed by atoms with E-state index in [1.54, 1.807) is 0 Å². The van der Waals surface area contributed by atoms with E-state index in [0.717, 1.165) is 6.42 Å². The molecule has 0 amide bonds. The molecule has 15 heavy (non-hydrogen) atoms. The van der Waals surface area contributed by atoms with Crippen LogP contribution in [-0.4, -0.2) is 41.3 Å². The maximum atomic E-state index is 10.5. The monoisotopic (exact) mass is 215 g/mol. The minimum atomic E-state index is -0.898. The van der Waals surface area contributed by atoms with Gasteiger partial charge in [0.15, 0.2) is 0 Å². The summed E-state index contributed by atoms with van der Waals surface area (Å²) in [5.74, 6) is -0.975. The summed E-state index contributed by atoms with van der Waals surface area (Å²) in [5.41, 5.74) is 0. The Morgan fingerprint density at radius 2 is 2.27 bits per heavy atom. The Morgan fingerprint density at radius 1 is 1.60 bits per heavy atom. The number of carboxylic acid groups (broad SMARTS) is 1. The van der Waals surface area contributed by atoms with Gasteiger partial charge in [0.25, 0.3) is 0 Å². The minimum Gasteiger partial charge on any atom is -0.481 e. The number of nitrogens with one attached hydrogen (secondary N) is 1. The number of carbonyl (C=O) groups is 1. The molecule has 0 radical (unpaired) electrons. The maximum absolute atomic E-state index is 10.5. The van der Waals surface area contributed by atoms with Crippen LogP contribution < -0.4 is 5.32 Å². The van der Waals surface area contributed by atoms with Crippen LogP contribution >= 0.6 is 0 Å². The van der Waals surface area contributed by atoms with Gasteiger partial charge in [-0.3, -0.25) is 4.79 Å². The first-order chi connectivity index (χ1) is 6.99. The van der Waals surface area contributed by atoms with Crippen LogP contribution in [0.1, 0.15) is 33.1 Å². The summed E-state index contributed by atoms with van der Waals surface area (Å²) in [4.78, 5) is 10.5. The Balaban J connectivity index is 2.37. The van der Waals surface area contributed by atoms with Crippen LogP contribution in [0.25, 0.3) is 0 Å². The van der Waals surface area contributed by atoms with Gasteiger partial charge in [-0.1, -0.05) is 13.8 Å². The fourth-order valence-corrected chi connectivity index (χ4v) is 1.81. The van der Waals surface area contributed by atoms with Gasteiger partial charge in [0.05, 0.1) is 12.5 Å². The van der Waals surface area contributed by atoms with E-state index >= 15 is 0 Å². The number of rotatable bonds is 4. The van der Waals surface area contributed by atoms with Crippen molar-refractivity contribution >= 4 is 13.1 Å². The van der Waals surface area contributed by atoms with Gasteiger partial charge in [-0.25, -0.2) is 0 Å². The maximum Gasteiger partial charge on any atom is 0.472 e. The molecule has 1 aliphatic heterocycles. The van der Waals surface area contributed by atoms with Crippen LogP contribution in [0, 0.1) is 0 Å². The molecular formula is C9H18BNO4. The fraction of sp³-hybridized carbons (Fsp3) is 0.889. The third kappa shape index (κ3) is 4.19. The highest BCUT2D eigenvalue weighted by molar-refractivity contribution is 6.45. The first-order valence-corrected chi connectivity index (χ1v) is 5.30. The summed E-state index contributed by atoms with van der Waals surface area (Å²) in [7, 11) is -0.898. The van der Waals surface area contributed by atoms with Crippen LogP contribution in [0.5, 0.6) is 0 Å². The van der Waals surface area contributed by atoms with E-state index in [1.165, 1.54) is 0 Å². The quantitative estimate of drug-likeness (QED) is 0.576. The van der Waals surface area contributed by atoms with E-state index in [1.807, 2.05) is 13.8 Å². The first kappa shape index (κ1) is 12.5. The second-order valence-electron chi connectivity index (χ2n) is 4.25. The molecule has 0 aromatic rings. The van der Waals surface area contributed by atoms with E-state index in [4.69, 9.17) is 9.76 Å². The van der Waals surface area contributed by atoms with Gasteiger partial charge in [0, 0.05) is 12.0 Å². The molecule has 1 fully saturated rings. The van der Waals surface area contributed by atoms with Gasteiger partial charge in [-0.2, -0.15) is 0 Å². The van der Waals surface area contributed by atoms with Crippen molar-refractivity contribution in [1.29, 1.82) is 0 Å². The van der Waals surface area contributed by atoms with Gasteiger partial charge in [-0.15, -0.1) is 0 Å². The standard InChI is InChI=1S/C9H18BNO4/c1-6(2)11-8-4-3-7(5-9(12)13)15-10(8)14/h6-8,11,14H,3-5H2,1-2H3,(H,12,13)/t7-,8?/m0/s1. The summed E-state index contributed by atoms with van der Waals surface area (Å²) in [6, 6.07) is 0.282. The summed E-state index contributed by atoms with van der Waals surface area (Å²) >= 11 is 0. The van der Waals surface area contributed by atoms with Crippen molar-refractivity contribution in [1.82, 2.24) is 5.32 Å². The van der Waals surface area contributed by atoms with Gasteiger partial charge in [0.1, 0.15) is 0 Å². The smallest absolute Gasteiger partial charge is 0.472 e. The summed E-state index contributed by atoms with van der Waals surface area (Å²) in [5, 5.41) is 21.4. The molecule has 0 aromatic carbocycles.